The van der Waals surface area contributed by atoms with Crippen LogP contribution in [0.25, 0.3) is 0 Å². The zero-order valence-electron chi connectivity index (χ0n) is 6.25. The topological polar surface area (TPSA) is 34.1 Å². The molecule has 0 saturated heterocycles. The summed E-state index contributed by atoms with van der Waals surface area (Å²) in [6.45, 7) is 0. The molecule has 1 aromatic carbocycles. The Kier molecular flexibility index (Phi) is 3.48. The molecule has 0 saturated carbocycles. The van der Waals surface area contributed by atoms with Gasteiger partial charge in [-0.2, -0.15) is 0 Å². The lowest BCUT2D eigenvalue weighted by atomic mass is 10.4. The molecule has 0 radical (unpaired) electrons. The summed E-state index contributed by atoms with van der Waals surface area (Å²) in [5.74, 6) is -0.459. The van der Waals surface area contributed by atoms with Crippen LogP contribution in [0.1, 0.15) is 0 Å². The van der Waals surface area contributed by atoms with Gasteiger partial charge < -0.3 is 0 Å². The van der Waals surface area contributed by atoms with Crippen molar-refractivity contribution in [3.05, 3.63) is 30.1 Å². The first-order chi connectivity index (χ1) is 5.94. The van der Waals surface area contributed by atoms with Crippen molar-refractivity contribution in [2.24, 2.45) is 0 Å². The first kappa shape index (κ1) is 11.1. The summed E-state index contributed by atoms with van der Waals surface area (Å²) in [4.78, 5) is 0.0765. The van der Waals surface area contributed by atoms with Crippen molar-refractivity contribution in [3.8, 4) is 0 Å². The summed E-state index contributed by atoms with van der Waals surface area (Å²) < 4.78 is 34.5. The van der Waals surface area contributed by atoms with Gasteiger partial charge in [0.15, 0.2) is 3.07 Å². The maximum absolute atomic E-state index is 12.5. The van der Waals surface area contributed by atoms with Gasteiger partial charge in [-0.05, 0) is 24.3 Å². The maximum Gasteiger partial charge on any atom is 0.201 e. The fraction of sp³-hybridized carbons (Fsp3) is 0.143. The Morgan fingerprint density at radius 3 is 2.00 bits per heavy atom. The van der Waals surface area contributed by atoms with Gasteiger partial charge in [0.1, 0.15) is 5.82 Å². The number of rotatable bonds is 2. The Bertz CT molecular complexity index is 385. The third-order valence-electron chi connectivity index (χ3n) is 1.38. The summed E-state index contributed by atoms with van der Waals surface area (Å²) in [5.41, 5.74) is 0. The van der Waals surface area contributed by atoms with E-state index in [1.54, 1.807) is 0 Å². The molecule has 72 valence electrons. The summed E-state index contributed by atoms with van der Waals surface area (Å²) >= 11 is 5.77. The van der Waals surface area contributed by atoms with E-state index in [-0.39, 0.29) is 4.90 Å². The first-order valence-corrected chi connectivity index (χ1v) is 6.60. The van der Waals surface area contributed by atoms with Gasteiger partial charge in [0, 0.05) is 0 Å². The van der Waals surface area contributed by atoms with Gasteiger partial charge in [-0.1, -0.05) is 31.9 Å². The molecule has 2 nitrogen and oxygen atoms in total. The van der Waals surface area contributed by atoms with E-state index in [4.69, 9.17) is 0 Å². The van der Waals surface area contributed by atoms with Crippen molar-refractivity contribution in [1.82, 2.24) is 0 Å². The lowest BCUT2D eigenvalue weighted by molar-refractivity contribution is 0.598. The minimum absolute atomic E-state index is 0.0765. The van der Waals surface area contributed by atoms with Crippen molar-refractivity contribution in [3.63, 3.8) is 0 Å². The van der Waals surface area contributed by atoms with Gasteiger partial charge >= 0.3 is 0 Å². The quantitative estimate of drug-likeness (QED) is 0.616. The highest BCUT2D eigenvalue weighted by molar-refractivity contribution is 9.27. The Hall–Kier alpha value is 0.0600. The molecule has 6 heteroatoms. The van der Waals surface area contributed by atoms with Crippen LogP contribution < -0.4 is 0 Å². The van der Waals surface area contributed by atoms with Crippen LogP contribution in [0.4, 0.5) is 4.39 Å². The van der Waals surface area contributed by atoms with Crippen LogP contribution in [-0.4, -0.2) is 11.5 Å². The average Bonchev–Trinajstić information content (AvgIpc) is 2.04. The molecule has 1 aromatic rings. The van der Waals surface area contributed by atoms with Gasteiger partial charge in [-0.15, -0.1) is 0 Å². The fourth-order valence-electron chi connectivity index (χ4n) is 0.727. The Labute approximate surface area is 92.3 Å². The second-order valence-electron chi connectivity index (χ2n) is 2.26. The maximum atomic E-state index is 12.5. The molecule has 0 atom stereocenters. The van der Waals surface area contributed by atoms with Crippen LogP contribution in [0.15, 0.2) is 29.2 Å². The zero-order valence-corrected chi connectivity index (χ0v) is 10.2. The molecule has 0 amide bonds. The van der Waals surface area contributed by atoms with E-state index in [2.05, 4.69) is 31.9 Å². The molecule has 0 aliphatic heterocycles. The van der Waals surface area contributed by atoms with Gasteiger partial charge in [0.05, 0.1) is 4.90 Å². The van der Waals surface area contributed by atoms with E-state index in [0.717, 1.165) is 12.1 Å². The summed E-state index contributed by atoms with van der Waals surface area (Å²) in [5, 5.41) is 0. The fourth-order valence-corrected chi connectivity index (χ4v) is 2.74. The van der Waals surface area contributed by atoms with E-state index < -0.39 is 18.7 Å². The van der Waals surface area contributed by atoms with Gasteiger partial charge in [-0.3, -0.25) is 0 Å². The van der Waals surface area contributed by atoms with E-state index in [1.807, 2.05) is 0 Å². The minimum Gasteiger partial charge on any atom is -0.222 e. The largest absolute Gasteiger partial charge is 0.222 e. The molecular formula is C7H5Br2FO2S. The van der Waals surface area contributed by atoms with E-state index in [1.165, 1.54) is 12.1 Å². The highest BCUT2D eigenvalue weighted by atomic mass is 79.9. The monoisotopic (exact) mass is 330 g/mol. The van der Waals surface area contributed by atoms with Crippen LogP contribution >= 0.6 is 31.9 Å². The predicted octanol–water partition coefficient (Wildman–Crippen LogP) is 2.67. The third-order valence-corrected chi connectivity index (χ3v) is 5.73. The summed E-state index contributed by atoms with van der Waals surface area (Å²) in [7, 11) is -3.43. The molecule has 0 fully saturated rings. The second-order valence-corrected chi connectivity index (χ2v) is 8.56. The second kappa shape index (κ2) is 4.06. The normalized spacial score (nSPS) is 12.0. The number of benzene rings is 1. The SMILES string of the molecule is O=S(=O)(c1ccc(F)cc1)C(Br)Br. The van der Waals surface area contributed by atoms with Crippen molar-refractivity contribution in [2.75, 3.05) is 0 Å². The molecular weight excluding hydrogens is 327 g/mol. The molecule has 0 spiro atoms. The lowest BCUT2D eigenvalue weighted by Crippen LogP contribution is -2.08. The average molecular weight is 332 g/mol. The van der Waals surface area contributed by atoms with Crippen LogP contribution in [0.5, 0.6) is 0 Å². The summed E-state index contributed by atoms with van der Waals surface area (Å²) in [6, 6.07) is 4.66. The van der Waals surface area contributed by atoms with Crippen molar-refractivity contribution in [2.45, 2.75) is 7.96 Å². The first-order valence-electron chi connectivity index (χ1n) is 3.22. The van der Waals surface area contributed by atoms with Crippen molar-refractivity contribution < 1.29 is 12.8 Å². The highest BCUT2D eigenvalue weighted by Gasteiger charge is 2.21. The van der Waals surface area contributed by atoms with Crippen molar-refractivity contribution >= 4 is 41.7 Å². The molecule has 0 aliphatic carbocycles. The molecule has 0 aromatic heterocycles. The van der Waals surface area contributed by atoms with Crippen LogP contribution in [0.3, 0.4) is 0 Å². The Morgan fingerprint density at radius 2 is 1.62 bits per heavy atom. The molecule has 0 N–H and O–H groups in total. The minimum atomic E-state index is -3.43. The van der Waals surface area contributed by atoms with Crippen LogP contribution in [-0.2, 0) is 9.84 Å². The van der Waals surface area contributed by atoms with E-state index in [9.17, 15) is 12.8 Å². The predicted molar refractivity (Wildman–Crippen MR) is 55.2 cm³/mol. The molecule has 13 heavy (non-hydrogen) atoms. The van der Waals surface area contributed by atoms with Crippen molar-refractivity contribution in [1.29, 1.82) is 0 Å². The Balaban J connectivity index is 3.17. The van der Waals surface area contributed by atoms with E-state index in [0.29, 0.717) is 0 Å². The van der Waals surface area contributed by atoms with Gasteiger partial charge in [-0.25, -0.2) is 12.8 Å². The standard InChI is InChI=1S/C7H5Br2FO2S/c8-7(9)13(11,12)6-3-1-5(10)2-4-6/h1-4,7H. The molecule has 0 bridgehead atoms. The number of sulfone groups is 1. The zero-order chi connectivity index (χ0) is 10.1. The van der Waals surface area contributed by atoms with Crippen LogP contribution in [0.2, 0.25) is 0 Å². The highest BCUT2D eigenvalue weighted by Crippen LogP contribution is 2.24. The van der Waals surface area contributed by atoms with E-state index >= 15 is 0 Å². The number of hydrogen-bond donors (Lipinski definition) is 0. The molecule has 0 heterocycles. The number of alkyl halides is 2. The number of halogens is 3. The van der Waals surface area contributed by atoms with Gasteiger partial charge in [0.25, 0.3) is 0 Å². The van der Waals surface area contributed by atoms with Gasteiger partial charge in [0.2, 0.25) is 9.84 Å². The third kappa shape index (κ3) is 2.51. The summed E-state index contributed by atoms with van der Waals surface area (Å²) in [6.07, 6.45) is 0. The molecule has 0 unspecified atom stereocenters. The van der Waals surface area contributed by atoms with Crippen LogP contribution in [0, 0.1) is 5.82 Å². The molecule has 0 aliphatic rings. The smallest absolute Gasteiger partial charge is 0.201 e. The Morgan fingerprint density at radius 1 is 1.15 bits per heavy atom. The lowest BCUT2D eigenvalue weighted by Gasteiger charge is -2.03. The molecule has 1 rings (SSSR count). The number of hydrogen-bond acceptors (Lipinski definition) is 2.